The Hall–Kier alpha value is -1.17. The standard InChI is InChI=1S/C8H10N4OS/c1-4(2)5-6(9)12-8(11-7(5)13)14-3-10-12/h3-5,9H,1-2H3. The van der Waals surface area contributed by atoms with Crippen LogP contribution in [0, 0.1) is 17.2 Å². The van der Waals surface area contributed by atoms with E-state index < -0.39 is 5.92 Å². The molecule has 14 heavy (non-hydrogen) atoms. The zero-order valence-corrected chi connectivity index (χ0v) is 8.71. The number of nitrogens with zero attached hydrogens (tertiary/aromatic N) is 3. The summed E-state index contributed by atoms with van der Waals surface area (Å²) in [6.45, 7) is 3.81. The summed E-state index contributed by atoms with van der Waals surface area (Å²) >= 11 is 1.27. The van der Waals surface area contributed by atoms with Gasteiger partial charge in [0, 0.05) is 0 Å². The largest absolute Gasteiger partial charge is 0.286 e. The van der Waals surface area contributed by atoms with Gasteiger partial charge in [0.1, 0.15) is 11.8 Å². The van der Waals surface area contributed by atoms with Crippen molar-refractivity contribution in [3.8, 4) is 0 Å². The molecule has 0 saturated carbocycles. The highest BCUT2D eigenvalue weighted by atomic mass is 32.2. The molecular weight excluding hydrogens is 200 g/mol. The average molecular weight is 210 g/mol. The van der Waals surface area contributed by atoms with Crippen molar-refractivity contribution in [2.75, 3.05) is 0 Å². The van der Waals surface area contributed by atoms with Crippen LogP contribution in [0.3, 0.4) is 0 Å². The molecule has 0 aromatic rings. The molecule has 5 nitrogen and oxygen atoms in total. The maximum Gasteiger partial charge on any atom is 0.259 e. The number of carbonyl (C=O) groups is 1. The van der Waals surface area contributed by atoms with Crippen LogP contribution in [0.25, 0.3) is 0 Å². The van der Waals surface area contributed by atoms with Crippen molar-refractivity contribution >= 4 is 34.2 Å². The van der Waals surface area contributed by atoms with Gasteiger partial charge in [-0.3, -0.25) is 10.2 Å². The minimum absolute atomic E-state index is 0.0844. The highest BCUT2D eigenvalue weighted by molar-refractivity contribution is 8.25. The highest BCUT2D eigenvalue weighted by Crippen LogP contribution is 2.27. The molecule has 0 bridgehead atoms. The van der Waals surface area contributed by atoms with Crippen molar-refractivity contribution in [3.63, 3.8) is 0 Å². The van der Waals surface area contributed by atoms with Crippen molar-refractivity contribution in [2.45, 2.75) is 13.8 Å². The van der Waals surface area contributed by atoms with E-state index in [0.717, 1.165) is 0 Å². The summed E-state index contributed by atoms with van der Waals surface area (Å²) in [6, 6.07) is 0. The van der Waals surface area contributed by atoms with E-state index in [1.807, 2.05) is 13.8 Å². The second-order valence-corrected chi connectivity index (χ2v) is 4.30. The van der Waals surface area contributed by atoms with Gasteiger partial charge in [-0.05, 0) is 17.7 Å². The van der Waals surface area contributed by atoms with Gasteiger partial charge < -0.3 is 0 Å². The molecule has 6 heteroatoms. The Balaban J connectivity index is 2.38. The molecule has 2 aliphatic heterocycles. The van der Waals surface area contributed by atoms with Gasteiger partial charge in [0.15, 0.2) is 5.17 Å². The molecule has 0 spiro atoms. The van der Waals surface area contributed by atoms with Crippen LogP contribution in [0.15, 0.2) is 10.1 Å². The van der Waals surface area contributed by atoms with Crippen molar-refractivity contribution in [1.29, 1.82) is 5.41 Å². The Morgan fingerprint density at radius 1 is 1.64 bits per heavy atom. The average Bonchev–Trinajstić information content (AvgIpc) is 2.50. The number of fused-ring (bicyclic) bond motifs is 1. The van der Waals surface area contributed by atoms with E-state index >= 15 is 0 Å². The molecule has 0 saturated heterocycles. The number of amides is 1. The van der Waals surface area contributed by atoms with Gasteiger partial charge in [0.05, 0.1) is 5.55 Å². The molecule has 0 fully saturated rings. The van der Waals surface area contributed by atoms with Crippen LogP contribution < -0.4 is 0 Å². The molecular formula is C8H10N4OS. The minimum Gasteiger partial charge on any atom is -0.286 e. The Kier molecular flexibility index (Phi) is 2.14. The number of aliphatic imine (C=N–C) groups is 1. The van der Waals surface area contributed by atoms with E-state index in [9.17, 15) is 4.79 Å². The number of thioether (sulfide) groups is 1. The first-order valence-corrected chi connectivity index (χ1v) is 5.19. The molecule has 0 aliphatic carbocycles. The topological polar surface area (TPSA) is 68.9 Å². The molecule has 2 rings (SSSR count). The van der Waals surface area contributed by atoms with E-state index in [2.05, 4.69) is 10.1 Å². The van der Waals surface area contributed by atoms with E-state index in [-0.39, 0.29) is 17.7 Å². The minimum atomic E-state index is -0.449. The molecule has 1 atom stereocenters. The number of rotatable bonds is 1. The van der Waals surface area contributed by atoms with Crippen LogP contribution >= 0.6 is 11.8 Å². The number of carbonyl (C=O) groups excluding carboxylic acids is 1. The maximum absolute atomic E-state index is 11.6. The quantitative estimate of drug-likeness (QED) is 0.705. The normalized spacial score (nSPS) is 25.8. The lowest BCUT2D eigenvalue weighted by atomic mass is 9.93. The smallest absolute Gasteiger partial charge is 0.259 e. The molecule has 1 N–H and O–H groups in total. The maximum atomic E-state index is 11.6. The number of nitrogens with one attached hydrogen (secondary N) is 1. The number of amidine groups is 2. The van der Waals surface area contributed by atoms with Crippen LogP contribution in [-0.4, -0.2) is 27.5 Å². The van der Waals surface area contributed by atoms with Crippen LogP contribution in [0.1, 0.15) is 13.8 Å². The molecule has 2 aliphatic rings. The van der Waals surface area contributed by atoms with Crippen LogP contribution in [0.5, 0.6) is 0 Å². The van der Waals surface area contributed by atoms with Gasteiger partial charge >= 0.3 is 0 Å². The zero-order valence-electron chi connectivity index (χ0n) is 7.89. The third-order valence-electron chi connectivity index (χ3n) is 2.16. The Labute approximate surface area is 85.8 Å². The zero-order chi connectivity index (χ0) is 10.3. The number of hydrazone groups is 1. The van der Waals surface area contributed by atoms with E-state index in [0.29, 0.717) is 5.17 Å². The summed E-state index contributed by atoms with van der Waals surface area (Å²) in [5.74, 6) is -0.360. The lowest BCUT2D eigenvalue weighted by Gasteiger charge is -2.27. The van der Waals surface area contributed by atoms with Gasteiger partial charge in [-0.15, -0.1) is 0 Å². The fourth-order valence-electron chi connectivity index (χ4n) is 1.47. The first-order chi connectivity index (χ1) is 6.61. The Bertz CT molecular complexity index is 360. The summed E-state index contributed by atoms with van der Waals surface area (Å²) < 4.78 is 0. The number of hydrogen-bond donors (Lipinski definition) is 1. The van der Waals surface area contributed by atoms with E-state index in [4.69, 9.17) is 5.41 Å². The Morgan fingerprint density at radius 2 is 2.36 bits per heavy atom. The molecule has 1 amide bonds. The molecule has 2 heterocycles. The lowest BCUT2D eigenvalue weighted by Crippen LogP contribution is -2.43. The van der Waals surface area contributed by atoms with Gasteiger partial charge in [-0.25, -0.2) is 0 Å². The van der Waals surface area contributed by atoms with Gasteiger partial charge in [0.25, 0.3) is 5.91 Å². The summed E-state index contributed by atoms with van der Waals surface area (Å²) in [6.07, 6.45) is 0. The highest BCUT2D eigenvalue weighted by Gasteiger charge is 2.38. The van der Waals surface area contributed by atoms with Crippen molar-refractivity contribution in [2.24, 2.45) is 21.9 Å². The predicted molar refractivity (Wildman–Crippen MR) is 56.4 cm³/mol. The van der Waals surface area contributed by atoms with Gasteiger partial charge in [0.2, 0.25) is 0 Å². The Morgan fingerprint density at radius 3 is 3.00 bits per heavy atom. The molecule has 74 valence electrons. The summed E-state index contributed by atoms with van der Waals surface area (Å²) in [4.78, 5) is 15.5. The van der Waals surface area contributed by atoms with Crippen LogP contribution in [0.4, 0.5) is 0 Å². The van der Waals surface area contributed by atoms with Crippen molar-refractivity contribution < 1.29 is 4.79 Å². The van der Waals surface area contributed by atoms with Crippen LogP contribution in [0.2, 0.25) is 0 Å². The van der Waals surface area contributed by atoms with Gasteiger partial charge in [-0.2, -0.15) is 15.1 Å². The third kappa shape index (κ3) is 1.26. The lowest BCUT2D eigenvalue weighted by molar-refractivity contribution is -0.121. The molecule has 0 aromatic carbocycles. The van der Waals surface area contributed by atoms with E-state index in [1.165, 1.54) is 16.8 Å². The summed E-state index contributed by atoms with van der Waals surface area (Å²) in [7, 11) is 0. The van der Waals surface area contributed by atoms with Crippen LogP contribution in [-0.2, 0) is 4.79 Å². The first-order valence-electron chi connectivity index (χ1n) is 4.31. The second kappa shape index (κ2) is 3.20. The second-order valence-electron chi connectivity index (χ2n) is 3.49. The molecule has 0 radical (unpaired) electrons. The number of hydrogen-bond acceptors (Lipinski definition) is 4. The van der Waals surface area contributed by atoms with Crippen molar-refractivity contribution in [1.82, 2.24) is 5.01 Å². The molecule has 0 aromatic heterocycles. The summed E-state index contributed by atoms with van der Waals surface area (Å²) in [5, 5.41) is 13.7. The fraction of sp³-hybridized carbons (Fsp3) is 0.500. The van der Waals surface area contributed by atoms with Crippen molar-refractivity contribution in [3.05, 3.63) is 0 Å². The first kappa shape index (κ1) is 9.39. The third-order valence-corrected chi connectivity index (χ3v) is 2.84. The van der Waals surface area contributed by atoms with E-state index in [1.54, 1.807) is 5.55 Å². The molecule has 1 unspecified atom stereocenters. The van der Waals surface area contributed by atoms with Gasteiger partial charge in [-0.1, -0.05) is 13.8 Å². The SMILES string of the molecule is CC(C)C1C(=N)N2N=CSC2=NC1=O. The fourth-order valence-corrected chi connectivity index (χ4v) is 2.09. The predicted octanol–water partition coefficient (Wildman–Crippen LogP) is 1.12. The summed E-state index contributed by atoms with van der Waals surface area (Å²) in [5.41, 5.74) is 1.59. The monoisotopic (exact) mass is 210 g/mol.